The number of aromatic nitrogens is 1. The van der Waals surface area contributed by atoms with Gasteiger partial charge in [-0.25, -0.2) is 4.99 Å². The first kappa shape index (κ1) is 28.5. The Morgan fingerprint density at radius 1 is 1.29 bits per heavy atom. The van der Waals surface area contributed by atoms with E-state index in [1.807, 2.05) is 71.0 Å². The Labute approximate surface area is 228 Å². The third kappa shape index (κ3) is 7.23. The number of hydrogen-bond acceptors (Lipinski definition) is 8. The number of aryl methyl sites for hydroxylation is 2. The normalized spacial score (nSPS) is 16.0. The number of oxazole rings is 1. The van der Waals surface area contributed by atoms with Crippen LogP contribution in [0.4, 0.5) is 6.01 Å². The molecule has 1 unspecified atom stereocenters. The van der Waals surface area contributed by atoms with Gasteiger partial charge in [-0.1, -0.05) is 41.5 Å². The van der Waals surface area contributed by atoms with Crippen molar-refractivity contribution in [2.24, 2.45) is 15.7 Å². The molecule has 10 heteroatoms. The molecule has 3 rings (SSSR count). The van der Waals surface area contributed by atoms with Gasteiger partial charge in [-0.2, -0.15) is 4.98 Å². The van der Waals surface area contributed by atoms with Crippen molar-refractivity contribution in [2.45, 2.75) is 40.7 Å². The van der Waals surface area contributed by atoms with Gasteiger partial charge in [0.15, 0.2) is 0 Å². The standard InChI is InChI=1S/C28H34ClN7O2/c1-16(2)8-7-9-23-19(5)38-28(34-23)36-27-33-18(4)24(26(37)32-15-20(13-30)14-31-6)25(35-27)21-11-10-17(3)12-22(21)29/h7-14,25H,15,30H2,1-6H3,(H,32,37)(H2,33,34,35,36)/b9-7-,20-13+,31-14?. The first-order valence-electron chi connectivity index (χ1n) is 12.1. The molecule has 1 atom stereocenters. The number of allylic oxidation sites excluding steroid dienone is 4. The van der Waals surface area contributed by atoms with Crippen LogP contribution in [-0.2, 0) is 4.79 Å². The topological polar surface area (TPSA) is 130 Å². The van der Waals surface area contributed by atoms with Crippen LogP contribution in [0, 0.1) is 13.8 Å². The Morgan fingerprint density at radius 3 is 2.71 bits per heavy atom. The van der Waals surface area contributed by atoms with E-state index in [0.717, 1.165) is 5.56 Å². The number of benzene rings is 1. The van der Waals surface area contributed by atoms with E-state index in [1.165, 1.54) is 11.8 Å². The number of halogens is 1. The summed E-state index contributed by atoms with van der Waals surface area (Å²) in [5, 5.41) is 9.67. The molecule has 1 aromatic heterocycles. The van der Waals surface area contributed by atoms with Gasteiger partial charge >= 0.3 is 6.01 Å². The average Bonchev–Trinajstić information content (AvgIpc) is 3.19. The molecule has 1 aromatic carbocycles. The van der Waals surface area contributed by atoms with E-state index in [0.29, 0.717) is 44.8 Å². The summed E-state index contributed by atoms with van der Waals surface area (Å²) < 4.78 is 5.80. The SMILES string of the molecule is CN=C/C(=C\N)CNC(=O)C1=C(C)NC(Nc2nc(/C=C\C=C(C)C)c(C)o2)=NC1c1ccc(C)cc1Cl. The highest BCUT2D eigenvalue weighted by atomic mass is 35.5. The second-order valence-corrected chi connectivity index (χ2v) is 9.48. The molecule has 200 valence electrons. The zero-order valence-electron chi connectivity index (χ0n) is 22.5. The molecule has 1 amide bonds. The van der Waals surface area contributed by atoms with Crippen LogP contribution in [0.3, 0.4) is 0 Å². The molecule has 0 fully saturated rings. The van der Waals surface area contributed by atoms with Gasteiger partial charge in [-0.05, 0) is 52.3 Å². The molecular formula is C28H34ClN7O2. The Balaban J connectivity index is 1.93. The van der Waals surface area contributed by atoms with Crippen LogP contribution in [0.15, 0.2) is 73.4 Å². The van der Waals surface area contributed by atoms with Crippen LogP contribution in [0.5, 0.6) is 0 Å². The zero-order chi connectivity index (χ0) is 27.8. The Kier molecular flexibility index (Phi) is 9.67. The highest BCUT2D eigenvalue weighted by molar-refractivity contribution is 6.31. The van der Waals surface area contributed by atoms with Gasteiger partial charge in [0, 0.05) is 47.9 Å². The maximum Gasteiger partial charge on any atom is 0.302 e. The third-order valence-corrected chi connectivity index (χ3v) is 5.97. The molecule has 0 saturated heterocycles. The molecule has 9 nitrogen and oxygen atoms in total. The highest BCUT2D eigenvalue weighted by Crippen LogP contribution is 2.35. The number of nitrogens with zero attached hydrogens (tertiary/aromatic N) is 3. The lowest BCUT2D eigenvalue weighted by molar-refractivity contribution is -0.117. The first-order chi connectivity index (χ1) is 18.1. The molecule has 1 aliphatic heterocycles. The monoisotopic (exact) mass is 535 g/mol. The molecule has 38 heavy (non-hydrogen) atoms. The Hall–Kier alpha value is -4.11. The van der Waals surface area contributed by atoms with Gasteiger partial charge < -0.3 is 20.8 Å². The van der Waals surface area contributed by atoms with Crippen LogP contribution in [0.2, 0.25) is 5.02 Å². The lowest BCUT2D eigenvalue weighted by Gasteiger charge is -2.27. The molecule has 1 aliphatic rings. The van der Waals surface area contributed by atoms with Crippen molar-refractivity contribution < 1.29 is 9.21 Å². The van der Waals surface area contributed by atoms with Gasteiger partial charge in [0.05, 0.1) is 5.57 Å². The molecule has 0 radical (unpaired) electrons. The molecule has 5 N–H and O–H groups in total. The number of amides is 1. The number of nitrogens with two attached hydrogens (primary N) is 1. The van der Waals surface area contributed by atoms with Gasteiger partial charge in [-0.15, -0.1) is 0 Å². The maximum atomic E-state index is 13.4. The third-order valence-electron chi connectivity index (χ3n) is 5.64. The molecule has 0 saturated carbocycles. The van der Waals surface area contributed by atoms with Crippen molar-refractivity contribution in [3.8, 4) is 0 Å². The van der Waals surface area contributed by atoms with Crippen LogP contribution in [0.25, 0.3) is 6.08 Å². The van der Waals surface area contributed by atoms with Gasteiger partial charge in [-0.3, -0.25) is 15.1 Å². The van der Waals surface area contributed by atoms with E-state index in [4.69, 9.17) is 26.7 Å². The number of aliphatic imine (C=N–C) groups is 2. The van der Waals surface area contributed by atoms with E-state index in [-0.39, 0.29) is 18.5 Å². The summed E-state index contributed by atoms with van der Waals surface area (Å²) in [6.07, 6.45) is 8.79. The van der Waals surface area contributed by atoms with Crippen molar-refractivity contribution in [3.05, 3.63) is 86.6 Å². The summed E-state index contributed by atoms with van der Waals surface area (Å²) in [6.45, 7) is 9.86. The zero-order valence-corrected chi connectivity index (χ0v) is 23.3. The Morgan fingerprint density at radius 2 is 2.05 bits per heavy atom. The minimum absolute atomic E-state index is 0.214. The summed E-state index contributed by atoms with van der Waals surface area (Å²) in [6, 6.07) is 5.27. The summed E-state index contributed by atoms with van der Waals surface area (Å²) in [7, 11) is 1.64. The van der Waals surface area contributed by atoms with E-state index in [1.54, 1.807) is 13.3 Å². The maximum absolute atomic E-state index is 13.4. The summed E-state index contributed by atoms with van der Waals surface area (Å²) in [5.41, 5.74) is 10.9. The van der Waals surface area contributed by atoms with Crippen molar-refractivity contribution in [2.75, 3.05) is 18.9 Å². The predicted octanol–water partition coefficient (Wildman–Crippen LogP) is 4.97. The lowest BCUT2D eigenvalue weighted by atomic mass is 9.95. The second-order valence-electron chi connectivity index (χ2n) is 9.07. The van der Waals surface area contributed by atoms with Crippen molar-refractivity contribution in [3.63, 3.8) is 0 Å². The number of nitrogens with one attached hydrogen (secondary N) is 3. The Bertz CT molecular complexity index is 1380. The van der Waals surface area contributed by atoms with Crippen LogP contribution < -0.4 is 21.7 Å². The van der Waals surface area contributed by atoms with Gasteiger partial charge in [0.2, 0.25) is 5.96 Å². The average molecular weight is 536 g/mol. The van der Waals surface area contributed by atoms with Gasteiger partial charge in [0.1, 0.15) is 17.5 Å². The number of rotatable bonds is 8. The lowest BCUT2D eigenvalue weighted by Crippen LogP contribution is -2.39. The summed E-state index contributed by atoms with van der Waals surface area (Å²) in [4.78, 5) is 26.6. The molecule has 0 spiro atoms. The van der Waals surface area contributed by atoms with Crippen LogP contribution in [-0.4, -0.2) is 36.7 Å². The molecular weight excluding hydrogens is 502 g/mol. The van der Waals surface area contributed by atoms with Gasteiger partial charge in [0.25, 0.3) is 5.91 Å². The smallest absolute Gasteiger partial charge is 0.302 e. The fourth-order valence-corrected chi connectivity index (χ4v) is 4.09. The minimum atomic E-state index is -0.676. The number of carbonyl (C=O) groups is 1. The molecule has 2 aromatic rings. The van der Waals surface area contributed by atoms with E-state index in [2.05, 4.69) is 25.9 Å². The minimum Gasteiger partial charge on any atom is -0.428 e. The summed E-state index contributed by atoms with van der Waals surface area (Å²) >= 11 is 6.62. The van der Waals surface area contributed by atoms with Crippen molar-refractivity contribution in [1.29, 1.82) is 0 Å². The van der Waals surface area contributed by atoms with Crippen molar-refractivity contribution >= 4 is 41.8 Å². The van der Waals surface area contributed by atoms with E-state index >= 15 is 0 Å². The number of anilines is 1. The highest BCUT2D eigenvalue weighted by Gasteiger charge is 2.31. The predicted molar refractivity (Wildman–Crippen MR) is 155 cm³/mol. The quantitative estimate of drug-likeness (QED) is 0.279. The van der Waals surface area contributed by atoms with Crippen LogP contribution >= 0.6 is 11.6 Å². The number of guanidine groups is 1. The number of hydrogen-bond donors (Lipinski definition) is 4. The largest absolute Gasteiger partial charge is 0.428 e. The van der Waals surface area contributed by atoms with Crippen molar-refractivity contribution in [1.82, 2.24) is 15.6 Å². The summed E-state index contributed by atoms with van der Waals surface area (Å²) in [5.74, 6) is 0.733. The number of carbonyl (C=O) groups excluding carboxylic acids is 1. The first-order valence-corrected chi connectivity index (χ1v) is 12.5. The fraction of sp³-hybridized carbons (Fsp3) is 0.286. The van der Waals surface area contributed by atoms with E-state index in [9.17, 15) is 4.79 Å². The van der Waals surface area contributed by atoms with Crippen LogP contribution in [0.1, 0.15) is 49.4 Å². The fourth-order valence-electron chi connectivity index (χ4n) is 3.75. The molecule has 0 bridgehead atoms. The van der Waals surface area contributed by atoms with E-state index < -0.39 is 6.04 Å². The molecule has 2 heterocycles. The molecule has 0 aliphatic carbocycles. The second kappa shape index (κ2) is 12.9.